The van der Waals surface area contributed by atoms with Gasteiger partial charge in [-0.1, -0.05) is 0 Å². The SMILES string of the molecule is CC1(OC(=O)NS(=O)O)CC1. The summed E-state index contributed by atoms with van der Waals surface area (Å²) in [5.74, 6) is 0. The van der Waals surface area contributed by atoms with E-state index in [9.17, 15) is 9.00 Å². The highest BCUT2D eigenvalue weighted by Crippen LogP contribution is 2.38. The lowest BCUT2D eigenvalue weighted by Crippen LogP contribution is -2.29. The minimum Gasteiger partial charge on any atom is -0.443 e. The van der Waals surface area contributed by atoms with Gasteiger partial charge >= 0.3 is 6.09 Å². The van der Waals surface area contributed by atoms with Crippen molar-refractivity contribution >= 4 is 17.4 Å². The standard InChI is InChI=1S/C5H9NO4S/c1-5(2-3-5)10-4(7)6-11(8)9/h2-3H2,1H3,(H,6,7)(H,8,9). The Hall–Kier alpha value is -0.620. The summed E-state index contributed by atoms with van der Waals surface area (Å²) >= 11 is -2.33. The summed E-state index contributed by atoms with van der Waals surface area (Å²) in [7, 11) is 0. The van der Waals surface area contributed by atoms with Crippen molar-refractivity contribution < 1.29 is 18.3 Å². The van der Waals surface area contributed by atoms with Crippen LogP contribution in [0.5, 0.6) is 0 Å². The zero-order chi connectivity index (χ0) is 8.48. The summed E-state index contributed by atoms with van der Waals surface area (Å²) in [5, 5.41) is 0. The predicted octanol–water partition coefficient (Wildman–Crippen LogP) is 0.402. The van der Waals surface area contributed by atoms with Crippen LogP contribution in [-0.4, -0.2) is 20.5 Å². The van der Waals surface area contributed by atoms with Crippen molar-refractivity contribution in [3.05, 3.63) is 0 Å². The molecule has 1 atom stereocenters. The van der Waals surface area contributed by atoms with Gasteiger partial charge in [0.15, 0.2) is 0 Å². The fraction of sp³-hybridized carbons (Fsp3) is 0.800. The van der Waals surface area contributed by atoms with Crippen LogP contribution in [0.4, 0.5) is 4.79 Å². The lowest BCUT2D eigenvalue weighted by molar-refractivity contribution is 0.0986. The van der Waals surface area contributed by atoms with Crippen LogP contribution in [-0.2, 0) is 16.0 Å². The van der Waals surface area contributed by atoms with Crippen molar-refractivity contribution in [2.45, 2.75) is 25.4 Å². The molecule has 0 saturated heterocycles. The molecule has 2 N–H and O–H groups in total. The summed E-state index contributed by atoms with van der Waals surface area (Å²) in [6, 6.07) is 0. The van der Waals surface area contributed by atoms with E-state index in [-0.39, 0.29) is 0 Å². The number of hydrogen-bond donors (Lipinski definition) is 2. The minimum atomic E-state index is -2.33. The van der Waals surface area contributed by atoms with E-state index < -0.39 is 23.0 Å². The Morgan fingerprint density at radius 2 is 2.27 bits per heavy atom. The quantitative estimate of drug-likeness (QED) is 0.602. The summed E-state index contributed by atoms with van der Waals surface area (Å²) in [6.07, 6.45) is 0.794. The molecule has 0 aromatic heterocycles. The normalized spacial score (nSPS) is 22.0. The molecular formula is C5H9NO4S. The minimum absolute atomic E-state index is 0.399. The van der Waals surface area contributed by atoms with Crippen LogP contribution in [0.1, 0.15) is 19.8 Å². The average molecular weight is 179 g/mol. The molecule has 64 valence electrons. The van der Waals surface area contributed by atoms with Gasteiger partial charge in [0, 0.05) is 0 Å². The molecule has 0 aromatic carbocycles. The number of rotatable bonds is 2. The van der Waals surface area contributed by atoms with Gasteiger partial charge in [-0.25, -0.2) is 13.7 Å². The number of amides is 1. The van der Waals surface area contributed by atoms with Crippen LogP contribution < -0.4 is 4.72 Å². The van der Waals surface area contributed by atoms with E-state index in [0.717, 1.165) is 12.8 Å². The molecule has 0 aromatic rings. The summed E-state index contributed by atoms with van der Waals surface area (Å²) in [6.45, 7) is 1.77. The highest BCUT2D eigenvalue weighted by atomic mass is 32.2. The third kappa shape index (κ3) is 2.85. The first kappa shape index (κ1) is 8.48. The van der Waals surface area contributed by atoms with Gasteiger partial charge in [-0.3, -0.25) is 4.55 Å². The average Bonchev–Trinajstić information content (AvgIpc) is 2.44. The molecule has 1 unspecified atom stereocenters. The van der Waals surface area contributed by atoms with Crippen molar-refractivity contribution in [1.82, 2.24) is 4.72 Å². The Morgan fingerprint density at radius 1 is 1.73 bits per heavy atom. The zero-order valence-corrected chi connectivity index (χ0v) is 6.81. The number of carbonyl (C=O) groups excluding carboxylic acids is 1. The van der Waals surface area contributed by atoms with E-state index in [2.05, 4.69) is 0 Å². The summed E-state index contributed by atoms with van der Waals surface area (Å²) < 4.78 is 24.7. The largest absolute Gasteiger partial charge is 0.443 e. The van der Waals surface area contributed by atoms with Crippen LogP contribution >= 0.6 is 0 Å². The van der Waals surface area contributed by atoms with Gasteiger partial charge < -0.3 is 4.74 Å². The molecule has 0 radical (unpaired) electrons. The number of ether oxygens (including phenoxy) is 1. The van der Waals surface area contributed by atoms with E-state index >= 15 is 0 Å². The second-order valence-electron chi connectivity index (χ2n) is 2.69. The van der Waals surface area contributed by atoms with Crippen molar-refractivity contribution in [3.8, 4) is 0 Å². The maximum Gasteiger partial charge on any atom is 0.421 e. The van der Waals surface area contributed by atoms with Gasteiger partial charge in [0.2, 0.25) is 0 Å². The topological polar surface area (TPSA) is 75.6 Å². The van der Waals surface area contributed by atoms with Crippen molar-refractivity contribution in [2.75, 3.05) is 0 Å². The van der Waals surface area contributed by atoms with Gasteiger partial charge in [-0.15, -0.1) is 0 Å². The Labute approximate surface area is 66.5 Å². The molecule has 0 spiro atoms. The lowest BCUT2D eigenvalue weighted by atomic mass is 10.4. The van der Waals surface area contributed by atoms with Crippen LogP contribution in [0.25, 0.3) is 0 Å². The molecule has 6 heteroatoms. The third-order valence-electron chi connectivity index (χ3n) is 1.46. The number of hydrogen-bond acceptors (Lipinski definition) is 3. The molecule has 0 heterocycles. The first-order chi connectivity index (χ1) is 5.02. The van der Waals surface area contributed by atoms with Crippen molar-refractivity contribution in [2.24, 2.45) is 0 Å². The summed E-state index contributed by atoms with van der Waals surface area (Å²) in [5.41, 5.74) is -0.399. The number of carbonyl (C=O) groups is 1. The maximum absolute atomic E-state index is 10.6. The van der Waals surface area contributed by atoms with E-state index in [1.54, 1.807) is 11.6 Å². The molecule has 1 amide bonds. The molecule has 1 aliphatic rings. The Morgan fingerprint density at radius 3 is 2.64 bits per heavy atom. The second kappa shape index (κ2) is 2.78. The molecule has 11 heavy (non-hydrogen) atoms. The first-order valence-electron chi connectivity index (χ1n) is 3.12. The maximum atomic E-state index is 10.6. The molecular weight excluding hydrogens is 170 g/mol. The molecule has 1 saturated carbocycles. The van der Waals surface area contributed by atoms with Gasteiger partial charge in [-0.2, -0.15) is 0 Å². The third-order valence-corrected chi connectivity index (χ3v) is 1.81. The second-order valence-corrected chi connectivity index (χ2v) is 3.39. The van der Waals surface area contributed by atoms with Crippen molar-refractivity contribution in [1.29, 1.82) is 0 Å². The Kier molecular flexibility index (Phi) is 2.15. The van der Waals surface area contributed by atoms with E-state index in [1.165, 1.54) is 0 Å². The Bertz CT molecular complexity index is 201. The van der Waals surface area contributed by atoms with Gasteiger partial charge in [0.25, 0.3) is 11.3 Å². The Balaban J connectivity index is 2.26. The molecule has 0 aliphatic heterocycles. The molecule has 1 fully saturated rings. The summed E-state index contributed by atoms with van der Waals surface area (Å²) in [4.78, 5) is 10.6. The van der Waals surface area contributed by atoms with E-state index in [1.807, 2.05) is 0 Å². The molecule has 0 bridgehead atoms. The first-order valence-corrected chi connectivity index (χ1v) is 4.23. The predicted molar refractivity (Wildman–Crippen MR) is 38.0 cm³/mol. The lowest BCUT2D eigenvalue weighted by Gasteiger charge is -2.09. The van der Waals surface area contributed by atoms with Gasteiger partial charge in [0.1, 0.15) is 5.60 Å². The van der Waals surface area contributed by atoms with Crippen LogP contribution in [0.2, 0.25) is 0 Å². The monoisotopic (exact) mass is 179 g/mol. The highest BCUT2D eigenvalue weighted by molar-refractivity contribution is 7.77. The molecule has 1 aliphatic carbocycles. The van der Waals surface area contributed by atoms with E-state index in [4.69, 9.17) is 9.29 Å². The van der Waals surface area contributed by atoms with Crippen LogP contribution in [0, 0.1) is 0 Å². The number of nitrogens with one attached hydrogen (secondary N) is 1. The fourth-order valence-electron chi connectivity index (χ4n) is 0.594. The molecule has 1 rings (SSSR count). The van der Waals surface area contributed by atoms with Crippen LogP contribution in [0.15, 0.2) is 0 Å². The van der Waals surface area contributed by atoms with Crippen molar-refractivity contribution in [3.63, 3.8) is 0 Å². The fourth-order valence-corrected chi connectivity index (χ4v) is 0.778. The smallest absolute Gasteiger partial charge is 0.421 e. The van der Waals surface area contributed by atoms with Gasteiger partial charge in [0.05, 0.1) is 0 Å². The van der Waals surface area contributed by atoms with Crippen LogP contribution in [0.3, 0.4) is 0 Å². The zero-order valence-electron chi connectivity index (χ0n) is 5.99. The van der Waals surface area contributed by atoms with E-state index in [0.29, 0.717) is 0 Å². The highest BCUT2D eigenvalue weighted by Gasteiger charge is 2.41. The van der Waals surface area contributed by atoms with Gasteiger partial charge in [-0.05, 0) is 19.8 Å². The molecule has 5 nitrogen and oxygen atoms in total.